The Morgan fingerprint density at radius 1 is 1.07 bits per heavy atom. The number of thiophene rings is 1. The average molecular weight is 456 g/mol. The summed E-state index contributed by atoms with van der Waals surface area (Å²) in [5, 5.41) is 6.58. The summed E-state index contributed by atoms with van der Waals surface area (Å²) in [6.45, 7) is 2.87. The van der Waals surface area contributed by atoms with E-state index >= 15 is 0 Å². The zero-order valence-electron chi connectivity index (χ0n) is 16.0. The van der Waals surface area contributed by atoms with Gasteiger partial charge in [0.2, 0.25) is 5.91 Å². The van der Waals surface area contributed by atoms with Gasteiger partial charge in [-0.3, -0.25) is 4.79 Å². The Balaban J connectivity index is 1.23. The molecule has 0 radical (unpaired) electrons. The number of benzene rings is 1. The number of fused-ring (bicyclic) bond motifs is 1. The fourth-order valence-electron chi connectivity index (χ4n) is 3.61. The molecule has 6 nitrogen and oxygen atoms in total. The van der Waals surface area contributed by atoms with Crippen LogP contribution in [0.4, 0.5) is 5.82 Å². The molecule has 0 N–H and O–H groups in total. The molecule has 1 aliphatic heterocycles. The summed E-state index contributed by atoms with van der Waals surface area (Å²) in [6.07, 6.45) is 1.92. The van der Waals surface area contributed by atoms with Crippen LogP contribution in [0.3, 0.4) is 0 Å². The molecule has 1 aliphatic rings. The fraction of sp³-hybridized carbons (Fsp3) is 0.238. The highest BCUT2D eigenvalue weighted by atomic mass is 35.5. The highest BCUT2D eigenvalue weighted by Crippen LogP contribution is 2.30. The van der Waals surface area contributed by atoms with E-state index in [9.17, 15) is 4.79 Å². The van der Waals surface area contributed by atoms with Crippen LogP contribution in [0, 0.1) is 0 Å². The summed E-state index contributed by atoms with van der Waals surface area (Å²) < 4.78 is 0. The number of aromatic nitrogens is 3. The van der Waals surface area contributed by atoms with Crippen molar-refractivity contribution in [3.8, 4) is 10.6 Å². The molecule has 1 saturated heterocycles. The first kappa shape index (κ1) is 19.4. The summed E-state index contributed by atoms with van der Waals surface area (Å²) in [6, 6.07) is 9.70. The molecule has 0 unspecified atom stereocenters. The summed E-state index contributed by atoms with van der Waals surface area (Å²) in [4.78, 5) is 31.4. The van der Waals surface area contributed by atoms with Gasteiger partial charge in [0, 0.05) is 37.1 Å². The van der Waals surface area contributed by atoms with Gasteiger partial charge in [-0.1, -0.05) is 29.8 Å². The van der Waals surface area contributed by atoms with Crippen molar-refractivity contribution in [1.82, 2.24) is 19.9 Å². The minimum Gasteiger partial charge on any atom is -0.352 e. The number of carbonyl (C=O) groups excluding carboxylic acids is 1. The molecular weight excluding hydrogens is 438 g/mol. The minimum atomic E-state index is 0.106. The topological polar surface area (TPSA) is 62.2 Å². The number of carbonyl (C=O) groups is 1. The molecule has 1 fully saturated rings. The molecule has 0 bridgehead atoms. The maximum absolute atomic E-state index is 12.8. The van der Waals surface area contributed by atoms with Crippen molar-refractivity contribution in [2.75, 3.05) is 31.1 Å². The van der Waals surface area contributed by atoms with Crippen molar-refractivity contribution < 1.29 is 4.79 Å². The van der Waals surface area contributed by atoms with Crippen LogP contribution in [0.15, 0.2) is 47.4 Å². The monoisotopic (exact) mass is 455 g/mol. The quantitative estimate of drug-likeness (QED) is 0.457. The number of hydrogen-bond acceptors (Lipinski definition) is 7. The number of amides is 1. The molecule has 9 heteroatoms. The molecule has 0 atom stereocenters. The number of halogens is 1. The minimum absolute atomic E-state index is 0.106. The lowest BCUT2D eigenvalue weighted by atomic mass is 10.2. The highest BCUT2D eigenvalue weighted by Gasteiger charge is 2.24. The van der Waals surface area contributed by atoms with E-state index in [4.69, 9.17) is 11.6 Å². The Morgan fingerprint density at radius 2 is 1.90 bits per heavy atom. The third-order valence-corrected chi connectivity index (χ3v) is 7.24. The Labute approximate surface area is 186 Å². The molecule has 152 valence electrons. The van der Waals surface area contributed by atoms with Crippen LogP contribution < -0.4 is 4.90 Å². The van der Waals surface area contributed by atoms with Gasteiger partial charge in [0.25, 0.3) is 0 Å². The second-order valence-corrected chi connectivity index (χ2v) is 9.17. The molecule has 30 heavy (non-hydrogen) atoms. The number of anilines is 1. The lowest BCUT2D eigenvalue weighted by Crippen LogP contribution is -2.49. The van der Waals surface area contributed by atoms with Crippen LogP contribution in [0.1, 0.15) is 5.69 Å². The van der Waals surface area contributed by atoms with Gasteiger partial charge in [0.1, 0.15) is 22.0 Å². The van der Waals surface area contributed by atoms with Gasteiger partial charge in [0.15, 0.2) is 0 Å². The summed E-state index contributed by atoms with van der Waals surface area (Å²) in [5.41, 5.74) is 1.69. The van der Waals surface area contributed by atoms with Gasteiger partial charge in [-0.25, -0.2) is 15.0 Å². The predicted molar refractivity (Wildman–Crippen MR) is 122 cm³/mol. The lowest BCUT2D eigenvalue weighted by Gasteiger charge is -2.35. The van der Waals surface area contributed by atoms with E-state index in [1.54, 1.807) is 17.7 Å². The molecule has 4 aromatic rings. The highest BCUT2D eigenvalue weighted by molar-refractivity contribution is 7.16. The SMILES string of the molecule is O=C(Cc1csc(-c2ccccc2Cl)n1)N1CCN(c2ncnc3sccc23)CC1. The van der Waals surface area contributed by atoms with Crippen molar-refractivity contribution in [2.45, 2.75) is 6.42 Å². The second kappa shape index (κ2) is 8.29. The molecule has 3 aromatic heterocycles. The normalized spacial score (nSPS) is 14.4. The average Bonchev–Trinajstić information content (AvgIpc) is 3.43. The van der Waals surface area contributed by atoms with E-state index in [2.05, 4.69) is 25.9 Å². The molecule has 1 aromatic carbocycles. The van der Waals surface area contributed by atoms with Gasteiger partial charge >= 0.3 is 0 Å². The lowest BCUT2D eigenvalue weighted by molar-refractivity contribution is -0.130. The maximum atomic E-state index is 12.8. The molecule has 0 spiro atoms. The summed E-state index contributed by atoms with van der Waals surface area (Å²) >= 11 is 9.40. The number of thiazole rings is 1. The Hall–Kier alpha value is -2.55. The maximum Gasteiger partial charge on any atom is 0.228 e. The molecule has 4 heterocycles. The number of hydrogen-bond donors (Lipinski definition) is 0. The van der Waals surface area contributed by atoms with Gasteiger partial charge in [0.05, 0.1) is 22.5 Å². The van der Waals surface area contributed by atoms with Crippen molar-refractivity contribution in [1.29, 1.82) is 0 Å². The first-order valence-corrected chi connectivity index (χ1v) is 11.7. The zero-order chi connectivity index (χ0) is 20.5. The number of rotatable bonds is 4. The van der Waals surface area contributed by atoms with Crippen LogP contribution in [0.2, 0.25) is 5.02 Å². The molecule has 0 saturated carbocycles. The van der Waals surface area contributed by atoms with E-state index < -0.39 is 0 Å². The molecule has 0 aliphatic carbocycles. The Morgan fingerprint density at radius 3 is 2.73 bits per heavy atom. The van der Waals surface area contributed by atoms with Gasteiger partial charge in [-0.15, -0.1) is 22.7 Å². The van der Waals surface area contributed by atoms with E-state index in [1.165, 1.54) is 11.3 Å². The van der Waals surface area contributed by atoms with Crippen LogP contribution in [0.25, 0.3) is 20.8 Å². The zero-order valence-corrected chi connectivity index (χ0v) is 18.4. The standard InChI is InChI=1S/C21H18ClN5OS2/c22-17-4-2-1-3-15(17)21-25-14(12-30-21)11-18(28)26-6-8-27(9-7-26)19-16-5-10-29-20(16)24-13-23-19/h1-5,10,12-13H,6-9,11H2. The second-order valence-electron chi connectivity index (χ2n) is 7.01. The smallest absolute Gasteiger partial charge is 0.228 e. The van der Waals surface area contributed by atoms with Crippen molar-refractivity contribution >= 4 is 56.2 Å². The van der Waals surface area contributed by atoms with Crippen LogP contribution in [-0.2, 0) is 11.2 Å². The third kappa shape index (κ3) is 3.78. The summed E-state index contributed by atoms with van der Waals surface area (Å²) in [5.74, 6) is 1.06. The van der Waals surface area contributed by atoms with E-state index in [1.807, 2.05) is 39.9 Å². The van der Waals surface area contributed by atoms with E-state index in [0.29, 0.717) is 24.5 Å². The van der Waals surface area contributed by atoms with Crippen molar-refractivity contribution in [3.05, 3.63) is 58.1 Å². The Bertz CT molecular complexity index is 1200. The van der Waals surface area contributed by atoms with E-state index in [0.717, 1.165) is 45.4 Å². The predicted octanol–water partition coefficient (Wildman–Crippen LogP) is 4.36. The first-order valence-electron chi connectivity index (χ1n) is 9.59. The van der Waals surface area contributed by atoms with Gasteiger partial charge < -0.3 is 9.80 Å². The van der Waals surface area contributed by atoms with E-state index in [-0.39, 0.29) is 5.91 Å². The largest absolute Gasteiger partial charge is 0.352 e. The van der Waals surface area contributed by atoms with Crippen LogP contribution >= 0.6 is 34.3 Å². The van der Waals surface area contributed by atoms with Crippen molar-refractivity contribution in [2.24, 2.45) is 0 Å². The Kier molecular flexibility index (Phi) is 5.37. The fourth-order valence-corrected chi connectivity index (χ4v) is 5.48. The van der Waals surface area contributed by atoms with Crippen molar-refractivity contribution in [3.63, 3.8) is 0 Å². The van der Waals surface area contributed by atoms with Crippen LogP contribution in [-0.4, -0.2) is 51.9 Å². The van der Waals surface area contributed by atoms with Crippen LogP contribution in [0.5, 0.6) is 0 Å². The molecule has 1 amide bonds. The van der Waals surface area contributed by atoms with Gasteiger partial charge in [-0.2, -0.15) is 0 Å². The molecule has 5 rings (SSSR count). The number of nitrogens with zero attached hydrogens (tertiary/aromatic N) is 5. The third-order valence-electron chi connectivity index (χ3n) is 5.16. The first-order chi connectivity index (χ1) is 14.7. The number of piperazine rings is 1. The summed E-state index contributed by atoms with van der Waals surface area (Å²) in [7, 11) is 0. The van der Waals surface area contributed by atoms with Gasteiger partial charge in [-0.05, 0) is 17.5 Å². The molecular formula is C21H18ClN5OS2.